The van der Waals surface area contributed by atoms with Gasteiger partial charge in [0.25, 0.3) is 0 Å². The second-order valence-corrected chi connectivity index (χ2v) is 9.10. The molecule has 1 aromatic heterocycles. The SMILES string of the molecule is O=C(N[C@@H](c1ccccc1)c1ccc(C2CC2)c(F)c1)[C@@H]1C[C@@H](F)CN1C(=O)Cc1n[nH]c(=O)[nH]1. The number of carbonyl (C=O) groups is 2. The van der Waals surface area contributed by atoms with Gasteiger partial charge >= 0.3 is 5.69 Å². The average Bonchev–Trinajstić information content (AvgIpc) is 3.49. The lowest BCUT2D eigenvalue weighted by molar-refractivity contribution is -0.138. The first-order valence-electron chi connectivity index (χ1n) is 11.6. The summed E-state index contributed by atoms with van der Waals surface area (Å²) in [7, 11) is 0. The summed E-state index contributed by atoms with van der Waals surface area (Å²) in [5, 5.41) is 8.79. The highest BCUT2D eigenvalue weighted by Crippen LogP contribution is 2.42. The number of benzene rings is 2. The van der Waals surface area contributed by atoms with Crippen LogP contribution in [0.2, 0.25) is 0 Å². The minimum Gasteiger partial charge on any atom is -0.343 e. The number of aromatic nitrogens is 3. The maximum atomic E-state index is 14.8. The molecule has 2 heterocycles. The van der Waals surface area contributed by atoms with E-state index in [1.807, 2.05) is 30.3 Å². The van der Waals surface area contributed by atoms with Crippen molar-refractivity contribution in [3.63, 3.8) is 0 Å². The van der Waals surface area contributed by atoms with E-state index in [1.54, 1.807) is 12.1 Å². The van der Waals surface area contributed by atoms with Gasteiger partial charge in [-0.3, -0.25) is 14.6 Å². The minimum atomic E-state index is -1.36. The van der Waals surface area contributed by atoms with Crippen LogP contribution in [-0.4, -0.2) is 50.7 Å². The van der Waals surface area contributed by atoms with Gasteiger partial charge in [0, 0.05) is 6.42 Å². The van der Waals surface area contributed by atoms with E-state index >= 15 is 0 Å². The Morgan fingerprint density at radius 1 is 1.14 bits per heavy atom. The number of carbonyl (C=O) groups excluding carboxylic acids is 2. The predicted octanol–water partition coefficient (Wildman–Crippen LogP) is 2.50. The number of nitrogens with zero attached hydrogens (tertiary/aromatic N) is 2. The summed E-state index contributed by atoms with van der Waals surface area (Å²) in [6, 6.07) is 12.4. The molecule has 10 heteroatoms. The zero-order valence-corrected chi connectivity index (χ0v) is 18.8. The number of H-pyrrole nitrogens is 2. The monoisotopic (exact) mass is 481 g/mol. The van der Waals surface area contributed by atoms with Crippen molar-refractivity contribution in [1.29, 1.82) is 0 Å². The molecule has 2 amide bonds. The molecule has 2 fully saturated rings. The first-order chi connectivity index (χ1) is 16.9. The van der Waals surface area contributed by atoms with Crippen molar-refractivity contribution >= 4 is 11.8 Å². The van der Waals surface area contributed by atoms with Gasteiger partial charge in [-0.05, 0) is 41.5 Å². The van der Waals surface area contributed by atoms with Crippen LogP contribution in [0.3, 0.4) is 0 Å². The molecule has 35 heavy (non-hydrogen) atoms. The molecule has 182 valence electrons. The molecule has 0 spiro atoms. The number of halogens is 2. The second-order valence-electron chi connectivity index (χ2n) is 9.10. The molecule has 1 saturated carbocycles. The third-order valence-corrected chi connectivity index (χ3v) is 6.54. The van der Waals surface area contributed by atoms with E-state index in [1.165, 1.54) is 11.0 Å². The standard InChI is InChI=1S/C25H25F2N5O3/c26-17-11-20(32(13-17)22(33)12-21-28-25(35)31-30-21)24(34)29-23(15-4-2-1-3-5-15)16-8-9-18(14-6-7-14)19(27)10-16/h1-5,8-10,14,17,20,23H,6-7,11-13H2,(H,29,34)(H2,28,30,31,35)/t17-,20+,23+/m1/s1. The van der Waals surface area contributed by atoms with Gasteiger partial charge in [0.05, 0.1) is 19.0 Å². The fraction of sp³-hybridized carbons (Fsp3) is 0.360. The van der Waals surface area contributed by atoms with Crippen LogP contribution < -0.4 is 11.0 Å². The van der Waals surface area contributed by atoms with Gasteiger partial charge < -0.3 is 10.2 Å². The molecule has 1 saturated heterocycles. The van der Waals surface area contributed by atoms with E-state index in [-0.39, 0.29) is 36.9 Å². The molecule has 0 unspecified atom stereocenters. The molecule has 3 aromatic rings. The molecule has 5 rings (SSSR count). The molecule has 3 atom stereocenters. The first-order valence-corrected chi connectivity index (χ1v) is 11.6. The molecule has 2 aromatic carbocycles. The quantitative estimate of drug-likeness (QED) is 0.482. The summed E-state index contributed by atoms with van der Waals surface area (Å²) >= 11 is 0. The summed E-state index contributed by atoms with van der Waals surface area (Å²) in [6.07, 6.45) is 0.156. The fourth-order valence-electron chi connectivity index (χ4n) is 4.63. The normalized spacial score (nSPS) is 20.6. The predicted molar refractivity (Wildman–Crippen MR) is 123 cm³/mol. The molecular weight excluding hydrogens is 456 g/mol. The Kier molecular flexibility index (Phi) is 6.19. The molecule has 2 aliphatic rings. The van der Waals surface area contributed by atoms with Crippen molar-refractivity contribution < 1.29 is 18.4 Å². The van der Waals surface area contributed by atoms with E-state index < -0.39 is 35.8 Å². The maximum absolute atomic E-state index is 14.8. The van der Waals surface area contributed by atoms with Crippen LogP contribution in [-0.2, 0) is 16.0 Å². The third-order valence-electron chi connectivity index (χ3n) is 6.54. The van der Waals surface area contributed by atoms with Crippen molar-refractivity contribution in [3.05, 3.63) is 87.3 Å². The Balaban J connectivity index is 1.38. The topological polar surface area (TPSA) is 111 Å². The smallest absolute Gasteiger partial charge is 0.340 e. The van der Waals surface area contributed by atoms with Crippen LogP contribution >= 0.6 is 0 Å². The zero-order chi connectivity index (χ0) is 24.5. The van der Waals surface area contributed by atoms with E-state index in [0.29, 0.717) is 11.1 Å². The van der Waals surface area contributed by atoms with Gasteiger partial charge in [-0.1, -0.05) is 42.5 Å². The molecule has 8 nitrogen and oxygen atoms in total. The second kappa shape index (κ2) is 9.44. The third kappa shape index (κ3) is 5.01. The van der Waals surface area contributed by atoms with Crippen LogP contribution in [0.1, 0.15) is 53.7 Å². The van der Waals surface area contributed by atoms with Crippen LogP contribution in [0.5, 0.6) is 0 Å². The molecule has 3 N–H and O–H groups in total. The zero-order valence-electron chi connectivity index (χ0n) is 18.8. The molecular formula is C25H25F2N5O3. The van der Waals surface area contributed by atoms with E-state index in [0.717, 1.165) is 18.4 Å². The van der Waals surface area contributed by atoms with Gasteiger partial charge in [-0.2, -0.15) is 5.10 Å². The first kappa shape index (κ1) is 22.9. The van der Waals surface area contributed by atoms with Crippen LogP contribution in [0.25, 0.3) is 0 Å². The maximum Gasteiger partial charge on any atom is 0.340 e. The average molecular weight is 482 g/mol. The van der Waals surface area contributed by atoms with Crippen LogP contribution in [0.15, 0.2) is 53.3 Å². The number of hydrogen-bond acceptors (Lipinski definition) is 4. The number of amides is 2. The summed E-state index contributed by atoms with van der Waals surface area (Å²) in [6.45, 7) is -0.230. The summed E-state index contributed by atoms with van der Waals surface area (Å²) in [5.41, 5.74) is 1.42. The number of likely N-dealkylation sites (tertiary alicyclic amines) is 1. The number of alkyl halides is 1. The van der Waals surface area contributed by atoms with Gasteiger partial charge in [0.15, 0.2) is 0 Å². The van der Waals surface area contributed by atoms with Crippen molar-refractivity contribution in [2.24, 2.45) is 0 Å². The van der Waals surface area contributed by atoms with Gasteiger partial charge in [-0.15, -0.1) is 0 Å². The van der Waals surface area contributed by atoms with Gasteiger partial charge in [-0.25, -0.2) is 18.7 Å². The Morgan fingerprint density at radius 2 is 1.91 bits per heavy atom. The molecule has 1 aliphatic carbocycles. The van der Waals surface area contributed by atoms with E-state index in [2.05, 4.69) is 20.5 Å². The molecule has 1 aliphatic heterocycles. The Bertz CT molecular complexity index is 1290. The number of aromatic amines is 2. The summed E-state index contributed by atoms with van der Waals surface area (Å²) < 4.78 is 29.2. The van der Waals surface area contributed by atoms with E-state index in [9.17, 15) is 23.2 Å². The van der Waals surface area contributed by atoms with Crippen LogP contribution in [0.4, 0.5) is 8.78 Å². The van der Waals surface area contributed by atoms with Crippen molar-refractivity contribution in [3.8, 4) is 0 Å². The number of rotatable bonds is 7. The van der Waals surface area contributed by atoms with Gasteiger partial charge in [0.2, 0.25) is 11.8 Å². The Hall–Kier alpha value is -3.82. The summed E-state index contributed by atoms with van der Waals surface area (Å²) in [4.78, 5) is 41.0. The molecule has 0 bridgehead atoms. The largest absolute Gasteiger partial charge is 0.343 e. The van der Waals surface area contributed by atoms with Gasteiger partial charge in [0.1, 0.15) is 23.9 Å². The highest BCUT2D eigenvalue weighted by atomic mass is 19.1. The van der Waals surface area contributed by atoms with Crippen molar-refractivity contribution in [1.82, 2.24) is 25.4 Å². The number of nitrogens with one attached hydrogen (secondary N) is 3. The number of hydrogen-bond donors (Lipinski definition) is 3. The Labute approximate surface area is 199 Å². The van der Waals surface area contributed by atoms with Crippen molar-refractivity contribution in [2.75, 3.05) is 6.54 Å². The van der Waals surface area contributed by atoms with Crippen molar-refractivity contribution in [2.45, 2.75) is 49.9 Å². The summed E-state index contributed by atoms with van der Waals surface area (Å²) in [5.74, 6) is -1.01. The fourth-order valence-corrected chi connectivity index (χ4v) is 4.63. The minimum absolute atomic E-state index is 0.106. The highest BCUT2D eigenvalue weighted by molar-refractivity contribution is 5.89. The lowest BCUT2D eigenvalue weighted by Crippen LogP contribution is -2.47. The van der Waals surface area contributed by atoms with Crippen LogP contribution in [0, 0.1) is 5.82 Å². The Morgan fingerprint density at radius 3 is 2.57 bits per heavy atom. The highest BCUT2D eigenvalue weighted by Gasteiger charge is 2.40. The van der Waals surface area contributed by atoms with E-state index in [4.69, 9.17) is 0 Å². The molecule has 0 radical (unpaired) electrons. The lowest BCUT2D eigenvalue weighted by Gasteiger charge is -2.27. The lowest BCUT2D eigenvalue weighted by atomic mass is 9.96.